The van der Waals surface area contributed by atoms with Crippen molar-refractivity contribution in [1.82, 2.24) is 0 Å². The van der Waals surface area contributed by atoms with Crippen LogP contribution in [0.3, 0.4) is 0 Å². The predicted molar refractivity (Wildman–Crippen MR) is 53.6 cm³/mol. The minimum Gasteiger partial charge on any atom is -0.371 e. The van der Waals surface area contributed by atoms with Crippen LogP contribution in [0.2, 0.25) is 0 Å². The summed E-state index contributed by atoms with van der Waals surface area (Å²) in [6.45, 7) is 3.17. The molecule has 2 heterocycles. The molecule has 0 N–H and O–H groups in total. The van der Waals surface area contributed by atoms with Crippen molar-refractivity contribution in [3.05, 3.63) is 11.6 Å². The van der Waals surface area contributed by atoms with Gasteiger partial charge >= 0.3 is 0 Å². The summed E-state index contributed by atoms with van der Waals surface area (Å²) in [5, 5.41) is 0. The Morgan fingerprint density at radius 1 is 1.42 bits per heavy atom. The molecule has 0 aliphatic carbocycles. The summed E-state index contributed by atoms with van der Waals surface area (Å²) in [5.74, 6) is 2.54. The van der Waals surface area contributed by atoms with Crippen LogP contribution in [-0.2, 0) is 4.74 Å². The van der Waals surface area contributed by atoms with E-state index in [0.29, 0.717) is 0 Å². The third-order valence-corrected chi connectivity index (χ3v) is 3.72. The summed E-state index contributed by atoms with van der Waals surface area (Å²) < 4.78 is 5.89. The van der Waals surface area contributed by atoms with Crippen molar-refractivity contribution in [3.63, 3.8) is 0 Å². The van der Waals surface area contributed by atoms with E-state index in [1.165, 1.54) is 29.9 Å². The molecule has 0 radical (unpaired) electrons. The minimum absolute atomic E-state index is 0.146. The molecule has 2 aliphatic heterocycles. The van der Waals surface area contributed by atoms with Crippen molar-refractivity contribution in [3.8, 4) is 0 Å². The van der Waals surface area contributed by atoms with Crippen molar-refractivity contribution < 1.29 is 4.74 Å². The fraction of sp³-hybridized carbons (Fsp3) is 0.800. The monoisotopic (exact) mass is 184 g/mol. The SMILES string of the molecule is CC1=CC2(CCSCC2)OCC1. The summed E-state index contributed by atoms with van der Waals surface area (Å²) >= 11 is 2.05. The molecular weight excluding hydrogens is 168 g/mol. The highest BCUT2D eigenvalue weighted by Crippen LogP contribution is 2.35. The molecule has 2 aliphatic rings. The summed E-state index contributed by atoms with van der Waals surface area (Å²) in [5.41, 5.74) is 1.67. The molecule has 68 valence electrons. The van der Waals surface area contributed by atoms with Gasteiger partial charge in [0.1, 0.15) is 0 Å². The van der Waals surface area contributed by atoms with E-state index >= 15 is 0 Å². The lowest BCUT2D eigenvalue weighted by molar-refractivity contribution is -0.0220. The molecule has 0 atom stereocenters. The van der Waals surface area contributed by atoms with Crippen LogP contribution in [0, 0.1) is 0 Å². The van der Waals surface area contributed by atoms with E-state index in [0.717, 1.165) is 13.0 Å². The van der Waals surface area contributed by atoms with Gasteiger partial charge in [-0.3, -0.25) is 0 Å². The van der Waals surface area contributed by atoms with Crippen LogP contribution in [0.4, 0.5) is 0 Å². The standard InChI is InChI=1S/C10H16OS/c1-9-2-5-11-10(8-9)3-6-12-7-4-10/h8H,2-7H2,1H3. The van der Waals surface area contributed by atoms with Crippen LogP contribution in [-0.4, -0.2) is 23.7 Å². The molecule has 0 saturated carbocycles. The fourth-order valence-electron chi connectivity index (χ4n) is 1.98. The first kappa shape index (κ1) is 8.64. The lowest BCUT2D eigenvalue weighted by atomic mass is 9.91. The molecule has 0 amide bonds. The van der Waals surface area contributed by atoms with E-state index in [-0.39, 0.29) is 5.60 Å². The van der Waals surface area contributed by atoms with Crippen LogP contribution in [0.15, 0.2) is 11.6 Å². The maximum Gasteiger partial charge on any atom is 0.0880 e. The maximum absolute atomic E-state index is 5.89. The molecule has 0 bridgehead atoms. The quantitative estimate of drug-likeness (QED) is 0.535. The Morgan fingerprint density at radius 3 is 2.83 bits per heavy atom. The van der Waals surface area contributed by atoms with Gasteiger partial charge in [0.25, 0.3) is 0 Å². The van der Waals surface area contributed by atoms with Crippen LogP contribution in [0.1, 0.15) is 26.2 Å². The normalized spacial score (nSPS) is 28.6. The molecule has 1 fully saturated rings. The van der Waals surface area contributed by atoms with Gasteiger partial charge in [0.05, 0.1) is 12.2 Å². The zero-order valence-corrected chi connectivity index (χ0v) is 8.45. The van der Waals surface area contributed by atoms with E-state index in [4.69, 9.17) is 4.74 Å². The zero-order valence-electron chi connectivity index (χ0n) is 7.64. The molecular formula is C10H16OS. The van der Waals surface area contributed by atoms with Crippen molar-refractivity contribution in [1.29, 1.82) is 0 Å². The highest BCUT2D eigenvalue weighted by Gasteiger charge is 2.32. The van der Waals surface area contributed by atoms with Gasteiger partial charge in [0.2, 0.25) is 0 Å². The van der Waals surface area contributed by atoms with E-state index in [2.05, 4.69) is 24.8 Å². The smallest absolute Gasteiger partial charge is 0.0880 e. The highest BCUT2D eigenvalue weighted by molar-refractivity contribution is 7.99. The second kappa shape index (κ2) is 3.43. The van der Waals surface area contributed by atoms with E-state index in [1.807, 2.05) is 0 Å². The fourth-order valence-corrected chi connectivity index (χ4v) is 3.17. The molecule has 1 saturated heterocycles. The van der Waals surface area contributed by atoms with Crippen LogP contribution in [0.25, 0.3) is 0 Å². The Kier molecular flexibility index (Phi) is 2.47. The largest absolute Gasteiger partial charge is 0.371 e. The molecule has 1 nitrogen and oxygen atoms in total. The molecule has 12 heavy (non-hydrogen) atoms. The average molecular weight is 184 g/mol. The van der Waals surface area contributed by atoms with Crippen molar-refractivity contribution in [2.45, 2.75) is 31.8 Å². The van der Waals surface area contributed by atoms with Gasteiger partial charge in [0.15, 0.2) is 0 Å². The molecule has 2 heteroatoms. The number of ether oxygens (including phenoxy) is 1. The Morgan fingerprint density at radius 2 is 2.17 bits per heavy atom. The molecule has 0 aromatic carbocycles. The van der Waals surface area contributed by atoms with E-state index in [9.17, 15) is 0 Å². The van der Waals surface area contributed by atoms with E-state index < -0.39 is 0 Å². The second-order valence-electron chi connectivity index (χ2n) is 3.77. The predicted octanol–water partition coefficient (Wildman–Crippen LogP) is 2.62. The number of thioether (sulfide) groups is 1. The van der Waals surface area contributed by atoms with Gasteiger partial charge in [-0.15, -0.1) is 0 Å². The summed E-state index contributed by atoms with van der Waals surface area (Å²) in [4.78, 5) is 0. The molecule has 1 spiro atoms. The third kappa shape index (κ3) is 1.69. The molecule has 2 rings (SSSR count). The Balaban J connectivity index is 2.12. The van der Waals surface area contributed by atoms with Gasteiger partial charge in [0, 0.05) is 0 Å². The van der Waals surface area contributed by atoms with Crippen molar-refractivity contribution in [2.24, 2.45) is 0 Å². The molecule has 0 aromatic rings. The first-order valence-corrected chi connectivity index (χ1v) is 5.86. The molecule has 0 unspecified atom stereocenters. The van der Waals surface area contributed by atoms with Gasteiger partial charge in [-0.1, -0.05) is 11.6 Å². The topological polar surface area (TPSA) is 9.23 Å². The summed E-state index contributed by atoms with van der Waals surface area (Å²) in [6.07, 6.45) is 5.94. The maximum atomic E-state index is 5.89. The number of hydrogen-bond donors (Lipinski definition) is 0. The van der Waals surface area contributed by atoms with Gasteiger partial charge in [-0.05, 0) is 37.7 Å². The van der Waals surface area contributed by atoms with Crippen LogP contribution < -0.4 is 0 Å². The van der Waals surface area contributed by atoms with E-state index in [1.54, 1.807) is 0 Å². The van der Waals surface area contributed by atoms with Crippen molar-refractivity contribution >= 4 is 11.8 Å². The van der Waals surface area contributed by atoms with Crippen LogP contribution >= 0.6 is 11.8 Å². The first-order chi connectivity index (χ1) is 5.81. The lowest BCUT2D eigenvalue weighted by Crippen LogP contribution is -2.37. The number of rotatable bonds is 0. The Labute approximate surface area is 78.6 Å². The third-order valence-electron chi connectivity index (χ3n) is 2.73. The van der Waals surface area contributed by atoms with Crippen molar-refractivity contribution in [2.75, 3.05) is 18.1 Å². The Bertz CT molecular complexity index is 192. The minimum atomic E-state index is 0.146. The lowest BCUT2D eigenvalue weighted by Gasteiger charge is -2.37. The second-order valence-corrected chi connectivity index (χ2v) is 4.99. The number of hydrogen-bond acceptors (Lipinski definition) is 2. The van der Waals surface area contributed by atoms with Gasteiger partial charge < -0.3 is 4.74 Å². The van der Waals surface area contributed by atoms with Gasteiger partial charge in [-0.2, -0.15) is 11.8 Å². The van der Waals surface area contributed by atoms with Crippen LogP contribution in [0.5, 0.6) is 0 Å². The highest BCUT2D eigenvalue weighted by atomic mass is 32.2. The van der Waals surface area contributed by atoms with Gasteiger partial charge in [-0.25, -0.2) is 0 Å². The molecule has 0 aromatic heterocycles. The average Bonchev–Trinajstić information content (AvgIpc) is 2.05. The first-order valence-electron chi connectivity index (χ1n) is 4.71. The zero-order chi connectivity index (χ0) is 8.44. The Hall–Kier alpha value is 0.0500. The summed E-state index contributed by atoms with van der Waals surface area (Å²) in [7, 11) is 0. The summed E-state index contributed by atoms with van der Waals surface area (Å²) in [6, 6.07) is 0.